The highest BCUT2D eigenvalue weighted by Gasteiger charge is 2.20. The molecule has 2 unspecified atom stereocenters. The van der Waals surface area contributed by atoms with Gasteiger partial charge in [-0.1, -0.05) is 42.5 Å². The van der Waals surface area contributed by atoms with Crippen LogP contribution in [0.25, 0.3) is 10.8 Å². The molecule has 0 aliphatic rings. The summed E-state index contributed by atoms with van der Waals surface area (Å²) in [6.07, 6.45) is 0. The van der Waals surface area contributed by atoms with E-state index in [1.807, 2.05) is 18.2 Å². The van der Waals surface area contributed by atoms with Crippen LogP contribution in [0.4, 0.5) is 0 Å². The highest BCUT2D eigenvalue weighted by Crippen LogP contribution is 2.24. The molecule has 0 amide bonds. The lowest BCUT2D eigenvalue weighted by atomic mass is 9.99. The Morgan fingerprint density at radius 2 is 1.84 bits per heavy atom. The molecule has 2 rings (SSSR count). The third-order valence-electron chi connectivity index (χ3n) is 3.42. The van der Waals surface area contributed by atoms with E-state index in [-0.39, 0.29) is 12.6 Å². The van der Waals surface area contributed by atoms with Crippen LogP contribution < -0.4 is 5.32 Å². The molecule has 2 aromatic carbocycles. The number of aliphatic hydroxyl groups excluding tert-OH is 1. The van der Waals surface area contributed by atoms with Crippen molar-refractivity contribution in [2.75, 3.05) is 13.2 Å². The Labute approximate surface area is 113 Å². The zero-order valence-electron chi connectivity index (χ0n) is 11.4. The van der Waals surface area contributed by atoms with Crippen LogP contribution in [0.1, 0.15) is 25.5 Å². The van der Waals surface area contributed by atoms with Crippen molar-refractivity contribution in [1.29, 1.82) is 0 Å². The van der Waals surface area contributed by atoms with E-state index in [1.165, 1.54) is 16.3 Å². The molecule has 102 valence electrons. The number of nitrogens with one attached hydrogen (secondary N) is 1. The molecule has 2 atom stereocenters. The van der Waals surface area contributed by atoms with Crippen LogP contribution in [-0.2, 0) is 0 Å². The van der Waals surface area contributed by atoms with Crippen LogP contribution in [0.5, 0.6) is 0 Å². The van der Waals surface area contributed by atoms with Gasteiger partial charge in [0.2, 0.25) is 0 Å². The van der Waals surface area contributed by atoms with E-state index in [2.05, 4.69) is 36.5 Å². The fraction of sp³-hybridized carbons (Fsp3) is 0.375. The van der Waals surface area contributed by atoms with E-state index < -0.39 is 5.60 Å². The fourth-order valence-electron chi connectivity index (χ4n) is 2.17. The summed E-state index contributed by atoms with van der Waals surface area (Å²) < 4.78 is 0. The van der Waals surface area contributed by atoms with E-state index in [1.54, 1.807) is 6.92 Å². The standard InChI is InChI=1S/C16H21NO2/c1-12(17-10-16(2,19)11-18)14-9-5-7-13-6-3-4-8-15(13)14/h3-9,12,17-19H,10-11H2,1-2H3. The molecular weight excluding hydrogens is 238 g/mol. The molecule has 0 saturated heterocycles. The summed E-state index contributed by atoms with van der Waals surface area (Å²) in [5.74, 6) is 0. The zero-order valence-corrected chi connectivity index (χ0v) is 11.4. The van der Waals surface area contributed by atoms with Crippen molar-refractivity contribution in [2.24, 2.45) is 0 Å². The molecule has 0 heterocycles. The fourth-order valence-corrected chi connectivity index (χ4v) is 2.17. The molecule has 3 N–H and O–H groups in total. The Hall–Kier alpha value is -1.42. The van der Waals surface area contributed by atoms with Crippen molar-refractivity contribution in [3.63, 3.8) is 0 Å². The normalized spacial score (nSPS) is 16.2. The minimum atomic E-state index is -1.08. The summed E-state index contributed by atoms with van der Waals surface area (Å²) in [7, 11) is 0. The van der Waals surface area contributed by atoms with Crippen molar-refractivity contribution >= 4 is 10.8 Å². The smallest absolute Gasteiger partial charge is 0.0973 e. The number of hydrogen-bond acceptors (Lipinski definition) is 3. The zero-order chi connectivity index (χ0) is 13.9. The van der Waals surface area contributed by atoms with Gasteiger partial charge >= 0.3 is 0 Å². The average molecular weight is 259 g/mol. The third-order valence-corrected chi connectivity index (χ3v) is 3.42. The number of benzene rings is 2. The number of fused-ring (bicyclic) bond motifs is 1. The maximum absolute atomic E-state index is 9.82. The van der Waals surface area contributed by atoms with Crippen molar-refractivity contribution in [3.05, 3.63) is 48.0 Å². The Morgan fingerprint density at radius 1 is 1.16 bits per heavy atom. The molecule has 0 aliphatic carbocycles. The first-order chi connectivity index (χ1) is 9.03. The van der Waals surface area contributed by atoms with Crippen LogP contribution in [0.3, 0.4) is 0 Å². The third kappa shape index (κ3) is 3.32. The first-order valence-corrected chi connectivity index (χ1v) is 6.58. The predicted octanol–water partition coefficient (Wildman–Crippen LogP) is 2.23. The predicted molar refractivity (Wildman–Crippen MR) is 78.1 cm³/mol. The van der Waals surface area contributed by atoms with Gasteiger partial charge in [-0.25, -0.2) is 0 Å². The molecule has 0 spiro atoms. The second kappa shape index (κ2) is 5.70. The number of hydrogen-bond donors (Lipinski definition) is 3. The molecule has 19 heavy (non-hydrogen) atoms. The monoisotopic (exact) mass is 259 g/mol. The Balaban J connectivity index is 2.20. The molecule has 0 radical (unpaired) electrons. The Kier molecular flexibility index (Phi) is 4.20. The van der Waals surface area contributed by atoms with E-state index in [0.29, 0.717) is 6.54 Å². The number of rotatable bonds is 5. The molecule has 3 nitrogen and oxygen atoms in total. The van der Waals surface area contributed by atoms with E-state index in [9.17, 15) is 5.11 Å². The van der Waals surface area contributed by atoms with Gasteiger partial charge in [-0.3, -0.25) is 0 Å². The topological polar surface area (TPSA) is 52.5 Å². The Bertz CT molecular complexity index is 546. The minimum absolute atomic E-state index is 0.115. The van der Waals surface area contributed by atoms with Crippen molar-refractivity contribution < 1.29 is 10.2 Å². The molecule has 2 aromatic rings. The second-order valence-corrected chi connectivity index (χ2v) is 5.33. The quantitative estimate of drug-likeness (QED) is 0.772. The van der Waals surface area contributed by atoms with Crippen LogP contribution in [0.15, 0.2) is 42.5 Å². The van der Waals surface area contributed by atoms with Gasteiger partial charge in [-0.2, -0.15) is 0 Å². The first-order valence-electron chi connectivity index (χ1n) is 6.58. The van der Waals surface area contributed by atoms with Crippen LogP contribution >= 0.6 is 0 Å². The summed E-state index contributed by atoms with van der Waals surface area (Å²) in [6, 6.07) is 14.6. The highest BCUT2D eigenvalue weighted by atomic mass is 16.3. The van der Waals surface area contributed by atoms with Gasteiger partial charge in [0.15, 0.2) is 0 Å². The largest absolute Gasteiger partial charge is 0.393 e. The van der Waals surface area contributed by atoms with Gasteiger partial charge in [0.25, 0.3) is 0 Å². The van der Waals surface area contributed by atoms with Gasteiger partial charge in [-0.15, -0.1) is 0 Å². The van der Waals surface area contributed by atoms with E-state index in [0.717, 1.165) is 0 Å². The molecule has 0 aliphatic heterocycles. The van der Waals surface area contributed by atoms with Crippen LogP contribution in [0.2, 0.25) is 0 Å². The maximum Gasteiger partial charge on any atom is 0.0973 e. The molecule has 3 heteroatoms. The lowest BCUT2D eigenvalue weighted by Crippen LogP contribution is -2.41. The minimum Gasteiger partial charge on any atom is -0.393 e. The SMILES string of the molecule is CC(NCC(C)(O)CO)c1cccc2ccccc12. The van der Waals surface area contributed by atoms with Crippen molar-refractivity contribution in [2.45, 2.75) is 25.5 Å². The Morgan fingerprint density at radius 3 is 2.58 bits per heavy atom. The summed E-state index contributed by atoms with van der Waals surface area (Å²) in [5, 5.41) is 24.6. The second-order valence-electron chi connectivity index (χ2n) is 5.33. The van der Waals surface area contributed by atoms with Gasteiger partial charge in [0.05, 0.1) is 12.2 Å². The molecule has 0 aromatic heterocycles. The van der Waals surface area contributed by atoms with Gasteiger partial charge < -0.3 is 15.5 Å². The molecular formula is C16H21NO2. The summed E-state index contributed by atoms with van der Waals surface area (Å²) in [6.45, 7) is 3.79. The van der Waals surface area contributed by atoms with Gasteiger partial charge in [0, 0.05) is 12.6 Å². The number of aliphatic hydroxyl groups is 2. The summed E-state index contributed by atoms with van der Waals surface area (Å²) >= 11 is 0. The lowest BCUT2D eigenvalue weighted by molar-refractivity contribution is 0.00108. The lowest BCUT2D eigenvalue weighted by Gasteiger charge is -2.24. The van der Waals surface area contributed by atoms with E-state index in [4.69, 9.17) is 5.11 Å². The first kappa shape index (κ1) is 14.0. The van der Waals surface area contributed by atoms with Crippen LogP contribution in [0, 0.1) is 0 Å². The molecule has 0 fully saturated rings. The van der Waals surface area contributed by atoms with Crippen molar-refractivity contribution in [1.82, 2.24) is 5.32 Å². The molecule has 0 saturated carbocycles. The average Bonchev–Trinajstić information content (AvgIpc) is 2.44. The van der Waals surface area contributed by atoms with E-state index >= 15 is 0 Å². The summed E-state index contributed by atoms with van der Waals surface area (Å²) in [5.41, 5.74) is 0.116. The van der Waals surface area contributed by atoms with Crippen molar-refractivity contribution in [3.8, 4) is 0 Å². The maximum atomic E-state index is 9.82. The summed E-state index contributed by atoms with van der Waals surface area (Å²) in [4.78, 5) is 0. The highest BCUT2D eigenvalue weighted by molar-refractivity contribution is 5.86. The van der Waals surface area contributed by atoms with Gasteiger partial charge in [-0.05, 0) is 30.2 Å². The van der Waals surface area contributed by atoms with Crippen LogP contribution in [-0.4, -0.2) is 29.0 Å². The van der Waals surface area contributed by atoms with Gasteiger partial charge in [0.1, 0.15) is 0 Å². The molecule has 0 bridgehead atoms.